The molecule has 3 aliphatic rings. The third-order valence-corrected chi connectivity index (χ3v) is 7.52. The molecule has 178 valence electrons. The molecule has 0 radical (unpaired) electrons. The van der Waals surface area contributed by atoms with Gasteiger partial charge in [0.2, 0.25) is 5.91 Å². The number of benzene rings is 1. The predicted octanol–water partition coefficient (Wildman–Crippen LogP) is 2.54. The molecule has 1 aromatic carbocycles. The molecule has 2 saturated heterocycles. The summed E-state index contributed by atoms with van der Waals surface area (Å²) in [6.07, 6.45) is 4.97. The Kier molecular flexibility index (Phi) is 5.44. The smallest absolute Gasteiger partial charge is 0.229 e. The van der Waals surface area contributed by atoms with Gasteiger partial charge in [0, 0.05) is 56.8 Å². The van der Waals surface area contributed by atoms with E-state index in [2.05, 4.69) is 15.3 Å². The van der Waals surface area contributed by atoms with Gasteiger partial charge in [0.15, 0.2) is 5.65 Å². The van der Waals surface area contributed by atoms with Crippen molar-refractivity contribution in [1.82, 2.24) is 24.8 Å². The van der Waals surface area contributed by atoms with Gasteiger partial charge in [-0.2, -0.15) is 9.61 Å². The van der Waals surface area contributed by atoms with Gasteiger partial charge < -0.3 is 15.1 Å². The van der Waals surface area contributed by atoms with Crippen LogP contribution in [0.15, 0.2) is 30.5 Å². The highest BCUT2D eigenvalue weighted by molar-refractivity contribution is 5.82. The molecule has 0 bridgehead atoms. The summed E-state index contributed by atoms with van der Waals surface area (Å²) in [7, 11) is 0. The lowest BCUT2D eigenvalue weighted by atomic mass is 9.88. The SMILES string of the molecule is O=C(C1CN(c2c3c(nc4ccnn24)CCNCC3)C1)N1CCC(c2ccc(F)cc2F)CC1. The van der Waals surface area contributed by atoms with E-state index in [0.717, 1.165) is 49.2 Å². The highest BCUT2D eigenvalue weighted by Gasteiger charge is 2.39. The van der Waals surface area contributed by atoms with Crippen molar-refractivity contribution >= 4 is 17.4 Å². The van der Waals surface area contributed by atoms with Gasteiger partial charge in [0.05, 0.1) is 17.8 Å². The molecule has 0 spiro atoms. The number of hydrogen-bond acceptors (Lipinski definition) is 5. The molecule has 0 aliphatic carbocycles. The number of nitrogens with zero attached hydrogens (tertiary/aromatic N) is 5. The summed E-state index contributed by atoms with van der Waals surface area (Å²) < 4.78 is 29.3. The Morgan fingerprint density at radius 3 is 2.65 bits per heavy atom. The van der Waals surface area contributed by atoms with Crippen LogP contribution in [0.5, 0.6) is 0 Å². The van der Waals surface area contributed by atoms with Crippen LogP contribution >= 0.6 is 0 Å². The summed E-state index contributed by atoms with van der Waals surface area (Å²) in [4.78, 5) is 22.2. The molecule has 2 aromatic heterocycles. The van der Waals surface area contributed by atoms with Crippen LogP contribution in [0.25, 0.3) is 5.65 Å². The van der Waals surface area contributed by atoms with Crippen molar-refractivity contribution in [2.45, 2.75) is 31.6 Å². The molecule has 2 fully saturated rings. The van der Waals surface area contributed by atoms with Gasteiger partial charge in [-0.1, -0.05) is 6.07 Å². The van der Waals surface area contributed by atoms with Gasteiger partial charge >= 0.3 is 0 Å². The Hall–Kier alpha value is -3.07. The first kappa shape index (κ1) is 21.5. The first-order valence-corrected chi connectivity index (χ1v) is 12.1. The standard InChI is InChI=1S/C25H28F2N6O/c26-18-1-2-19(21(27)13-18)16-6-11-31(12-7-16)25(34)17-14-32(15-17)24-20-3-8-28-9-4-22(20)30-23-5-10-29-33(23)24/h1-2,5,10,13,16-17,28H,3-4,6-9,11-12,14-15H2. The molecule has 34 heavy (non-hydrogen) atoms. The maximum absolute atomic E-state index is 14.2. The topological polar surface area (TPSA) is 65.8 Å². The zero-order valence-corrected chi connectivity index (χ0v) is 19.0. The van der Waals surface area contributed by atoms with E-state index in [4.69, 9.17) is 4.98 Å². The number of amides is 1. The summed E-state index contributed by atoms with van der Waals surface area (Å²) in [5.41, 5.74) is 3.76. The quantitative estimate of drug-likeness (QED) is 0.643. The van der Waals surface area contributed by atoms with Gasteiger partial charge in [0.25, 0.3) is 0 Å². The molecule has 3 aromatic rings. The van der Waals surface area contributed by atoms with Gasteiger partial charge in [-0.15, -0.1) is 0 Å². The minimum Gasteiger partial charge on any atom is -0.354 e. The molecule has 9 heteroatoms. The van der Waals surface area contributed by atoms with E-state index >= 15 is 0 Å². The molecule has 0 saturated carbocycles. The number of rotatable bonds is 3. The minimum absolute atomic E-state index is 0.0246. The zero-order chi connectivity index (χ0) is 23.2. The van der Waals surface area contributed by atoms with Gasteiger partial charge in [-0.05, 0) is 43.4 Å². The van der Waals surface area contributed by atoms with Crippen LogP contribution in [0.3, 0.4) is 0 Å². The van der Waals surface area contributed by atoms with Crippen molar-refractivity contribution in [3.8, 4) is 0 Å². The van der Waals surface area contributed by atoms with E-state index in [0.29, 0.717) is 44.6 Å². The van der Waals surface area contributed by atoms with E-state index in [1.54, 1.807) is 12.3 Å². The predicted molar refractivity (Wildman–Crippen MR) is 124 cm³/mol. The van der Waals surface area contributed by atoms with E-state index < -0.39 is 11.6 Å². The third kappa shape index (κ3) is 3.72. The number of carbonyl (C=O) groups is 1. The minimum atomic E-state index is -0.557. The van der Waals surface area contributed by atoms with Gasteiger partial charge in [-0.25, -0.2) is 13.8 Å². The molecule has 0 unspecified atom stereocenters. The van der Waals surface area contributed by atoms with Crippen molar-refractivity contribution in [3.05, 3.63) is 58.9 Å². The number of likely N-dealkylation sites (tertiary alicyclic amines) is 1. The van der Waals surface area contributed by atoms with Gasteiger partial charge in [0.1, 0.15) is 17.5 Å². The fraction of sp³-hybridized carbons (Fsp3) is 0.480. The Bertz CT molecular complexity index is 1230. The molecular weight excluding hydrogens is 438 g/mol. The monoisotopic (exact) mass is 466 g/mol. The van der Waals surface area contributed by atoms with Crippen LogP contribution < -0.4 is 10.2 Å². The van der Waals surface area contributed by atoms with Crippen molar-refractivity contribution in [2.24, 2.45) is 5.92 Å². The number of fused-ring (bicyclic) bond motifs is 2. The van der Waals surface area contributed by atoms with Crippen LogP contribution in [-0.2, 0) is 17.6 Å². The second-order valence-electron chi connectivity index (χ2n) is 9.58. The lowest BCUT2D eigenvalue weighted by Gasteiger charge is -2.44. The number of hydrogen-bond donors (Lipinski definition) is 1. The van der Waals surface area contributed by atoms with Gasteiger partial charge in [-0.3, -0.25) is 4.79 Å². The summed E-state index contributed by atoms with van der Waals surface area (Å²) in [5.74, 6) is 0.180. The molecule has 5 heterocycles. The van der Waals surface area contributed by atoms with E-state index in [1.807, 2.05) is 15.5 Å². The van der Waals surface area contributed by atoms with Crippen LogP contribution in [0, 0.1) is 17.6 Å². The van der Waals surface area contributed by atoms with Crippen LogP contribution in [0.2, 0.25) is 0 Å². The Morgan fingerprint density at radius 1 is 1.06 bits per heavy atom. The third-order valence-electron chi connectivity index (χ3n) is 7.52. The van der Waals surface area contributed by atoms with Crippen molar-refractivity contribution in [1.29, 1.82) is 0 Å². The maximum atomic E-state index is 14.2. The number of halogens is 2. The molecule has 7 nitrogen and oxygen atoms in total. The molecule has 0 atom stereocenters. The average molecular weight is 467 g/mol. The molecule has 3 aliphatic heterocycles. The largest absolute Gasteiger partial charge is 0.354 e. The van der Waals surface area contributed by atoms with Crippen LogP contribution in [-0.4, -0.2) is 64.7 Å². The summed E-state index contributed by atoms with van der Waals surface area (Å²) in [5, 5.41) is 7.96. The highest BCUT2D eigenvalue weighted by Crippen LogP contribution is 2.34. The first-order chi connectivity index (χ1) is 16.6. The van der Waals surface area contributed by atoms with Crippen molar-refractivity contribution < 1.29 is 13.6 Å². The Balaban J connectivity index is 1.13. The lowest BCUT2D eigenvalue weighted by Crippen LogP contribution is -2.56. The number of aromatic nitrogens is 3. The van der Waals surface area contributed by atoms with Crippen molar-refractivity contribution in [2.75, 3.05) is 44.2 Å². The van der Waals surface area contributed by atoms with Crippen molar-refractivity contribution in [3.63, 3.8) is 0 Å². The van der Waals surface area contributed by atoms with E-state index in [9.17, 15) is 13.6 Å². The summed E-state index contributed by atoms with van der Waals surface area (Å²) in [6.45, 7) is 4.39. The van der Waals surface area contributed by atoms with Crippen LogP contribution in [0.4, 0.5) is 14.6 Å². The first-order valence-electron chi connectivity index (χ1n) is 12.1. The number of nitrogens with one attached hydrogen (secondary N) is 1. The Labute approximate surface area is 196 Å². The normalized spacial score (nSPS) is 19.7. The highest BCUT2D eigenvalue weighted by atomic mass is 19.1. The Morgan fingerprint density at radius 2 is 1.85 bits per heavy atom. The molecule has 6 rings (SSSR count). The fourth-order valence-electron chi connectivity index (χ4n) is 5.65. The molecular formula is C25H28F2N6O. The summed E-state index contributed by atoms with van der Waals surface area (Å²) in [6, 6.07) is 5.73. The van der Waals surface area contributed by atoms with E-state index in [-0.39, 0.29) is 17.7 Å². The molecule has 1 amide bonds. The second kappa shape index (κ2) is 8.61. The zero-order valence-electron chi connectivity index (χ0n) is 19.0. The molecule has 1 N–H and O–H groups in total. The fourth-order valence-corrected chi connectivity index (χ4v) is 5.65. The number of carbonyl (C=O) groups excluding carboxylic acids is 1. The van der Waals surface area contributed by atoms with Crippen LogP contribution in [0.1, 0.15) is 35.6 Å². The second-order valence-corrected chi connectivity index (χ2v) is 9.58. The lowest BCUT2D eigenvalue weighted by molar-refractivity contribution is -0.137. The average Bonchev–Trinajstić information content (AvgIpc) is 3.14. The number of piperidine rings is 1. The maximum Gasteiger partial charge on any atom is 0.229 e. The summed E-state index contributed by atoms with van der Waals surface area (Å²) >= 11 is 0. The number of anilines is 1. The van der Waals surface area contributed by atoms with E-state index in [1.165, 1.54) is 11.6 Å².